The summed E-state index contributed by atoms with van der Waals surface area (Å²) in [5, 5.41) is 14.9. The highest BCUT2D eigenvalue weighted by Crippen LogP contribution is 2.44. The predicted octanol–water partition coefficient (Wildman–Crippen LogP) is 14.1. The zero-order chi connectivity index (χ0) is 35.6. The second-order valence-electron chi connectivity index (χ2n) is 14.1. The van der Waals surface area contributed by atoms with E-state index in [1.165, 1.54) is 70.2 Å². The number of hydrogen-bond donors (Lipinski definition) is 0. The Bertz CT molecular complexity index is 3240. The summed E-state index contributed by atoms with van der Waals surface area (Å²) >= 11 is 0. The molecule has 0 unspecified atom stereocenters. The molecule has 0 bridgehead atoms. The monoisotopic (exact) mass is 684 g/mol. The zero-order valence-corrected chi connectivity index (χ0v) is 29.4. The maximum absolute atomic E-state index is 5.34. The molecule has 0 spiro atoms. The molecule has 0 atom stereocenters. The predicted molar refractivity (Wildman–Crippen MR) is 229 cm³/mol. The minimum atomic E-state index is 0.704. The first-order valence-electron chi connectivity index (χ1n) is 18.5. The van der Waals surface area contributed by atoms with Crippen LogP contribution >= 0.6 is 0 Å². The Morgan fingerprint density at radius 2 is 0.778 bits per heavy atom. The molecule has 0 aliphatic heterocycles. The molecule has 250 valence electrons. The van der Waals surface area contributed by atoms with Gasteiger partial charge in [-0.1, -0.05) is 176 Å². The molecule has 0 amide bonds. The number of rotatable bonds is 4. The standard InChI is InChI=1S/C52H32N2/c1-2-15-34(16-3-1)52-53-49(36-27-28-43-41-22-9-8-20-39(41)40-21-10-11-23-42(40)48(43)31-36)32-50(54-52)44-24-12-13-25-45(44)51-38-19-7-5-17-35(38)30-47-37-18-6-4-14-33(37)26-29-46(47)51/h1-32H. The molecule has 0 aliphatic carbocycles. The number of aromatic nitrogens is 2. The average Bonchev–Trinajstić information content (AvgIpc) is 3.25. The molecule has 10 aromatic carbocycles. The third-order valence-electron chi connectivity index (χ3n) is 11.0. The van der Waals surface area contributed by atoms with Gasteiger partial charge in [0.25, 0.3) is 0 Å². The second kappa shape index (κ2) is 12.2. The summed E-state index contributed by atoms with van der Waals surface area (Å²) in [5.41, 5.74) is 7.26. The van der Waals surface area contributed by atoms with Crippen molar-refractivity contribution in [2.45, 2.75) is 0 Å². The number of hydrogen-bond acceptors (Lipinski definition) is 2. The van der Waals surface area contributed by atoms with Crippen LogP contribution in [-0.2, 0) is 0 Å². The molecule has 0 fully saturated rings. The topological polar surface area (TPSA) is 25.8 Å². The number of benzene rings is 10. The maximum Gasteiger partial charge on any atom is 0.160 e. The van der Waals surface area contributed by atoms with Gasteiger partial charge in [0.15, 0.2) is 5.82 Å². The van der Waals surface area contributed by atoms with Crippen molar-refractivity contribution in [3.05, 3.63) is 194 Å². The van der Waals surface area contributed by atoms with Crippen LogP contribution in [0.2, 0.25) is 0 Å². The average molecular weight is 685 g/mol. The third-order valence-corrected chi connectivity index (χ3v) is 11.0. The molecule has 11 aromatic rings. The zero-order valence-electron chi connectivity index (χ0n) is 29.4. The molecule has 0 aliphatic rings. The fourth-order valence-electron chi connectivity index (χ4n) is 8.55. The Morgan fingerprint density at radius 1 is 0.259 bits per heavy atom. The molecule has 11 rings (SSSR count). The summed E-state index contributed by atoms with van der Waals surface area (Å²) in [6.45, 7) is 0. The van der Waals surface area contributed by atoms with Crippen molar-refractivity contribution in [1.82, 2.24) is 9.97 Å². The normalized spacial score (nSPS) is 11.7. The van der Waals surface area contributed by atoms with E-state index in [1.54, 1.807) is 0 Å². The SMILES string of the molecule is c1ccc(-c2nc(-c3ccc4c5ccccc5c5ccccc5c4c3)cc(-c3ccccc3-c3c4ccccc4cc4c3ccc3ccccc34)n2)cc1. The minimum absolute atomic E-state index is 0.704. The molecule has 1 heterocycles. The first-order valence-corrected chi connectivity index (χ1v) is 18.5. The highest BCUT2D eigenvalue weighted by Gasteiger charge is 2.19. The molecule has 0 N–H and O–H groups in total. The molecule has 0 saturated carbocycles. The Balaban J connectivity index is 1.19. The molecule has 54 heavy (non-hydrogen) atoms. The molecular weight excluding hydrogens is 653 g/mol. The fourth-order valence-corrected chi connectivity index (χ4v) is 8.55. The van der Waals surface area contributed by atoms with Gasteiger partial charge in [0.1, 0.15) is 0 Å². The van der Waals surface area contributed by atoms with Crippen LogP contribution in [0.5, 0.6) is 0 Å². The third kappa shape index (κ3) is 4.81. The van der Waals surface area contributed by atoms with Gasteiger partial charge in [-0.05, 0) is 94.0 Å². The lowest BCUT2D eigenvalue weighted by Gasteiger charge is -2.18. The van der Waals surface area contributed by atoms with Crippen LogP contribution in [0, 0.1) is 0 Å². The number of fused-ring (bicyclic) bond motifs is 10. The van der Waals surface area contributed by atoms with Gasteiger partial charge >= 0.3 is 0 Å². The van der Waals surface area contributed by atoms with Crippen molar-refractivity contribution >= 4 is 64.6 Å². The molecule has 1 aromatic heterocycles. The van der Waals surface area contributed by atoms with Crippen LogP contribution in [-0.4, -0.2) is 9.97 Å². The van der Waals surface area contributed by atoms with E-state index in [4.69, 9.17) is 9.97 Å². The van der Waals surface area contributed by atoms with E-state index >= 15 is 0 Å². The van der Waals surface area contributed by atoms with Crippen molar-refractivity contribution in [3.63, 3.8) is 0 Å². The largest absolute Gasteiger partial charge is 0.228 e. The lowest BCUT2D eigenvalue weighted by atomic mass is 9.87. The highest BCUT2D eigenvalue weighted by atomic mass is 14.9. The van der Waals surface area contributed by atoms with E-state index < -0.39 is 0 Å². The molecule has 2 nitrogen and oxygen atoms in total. The van der Waals surface area contributed by atoms with E-state index in [0.29, 0.717) is 5.82 Å². The first-order chi connectivity index (χ1) is 26.8. The Morgan fingerprint density at radius 3 is 1.52 bits per heavy atom. The lowest BCUT2D eigenvalue weighted by molar-refractivity contribution is 1.18. The summed E-state index contributed by atoms with van der Waals surface area (Å²) < 4.78 is 0. The molecule has 2 heteroatoms. The van der Waals surface area contributed by atoms with Gasteiger partial charge in [-0.15, -0.1) is 0 Å². The maximum atomic E-state index is 5.34. The van der Waals surface area contributed by atoms with E-state index in [-0.39, 0.29) is 0 Å². The van der Waals surface area contributed by atoms with E-state index in [1.807, 2.05) is 6.07 Å². The van der Waals surface area contributed by atoms with Crippen molar-refractivity contribution in [2.24, 2.45) is 0 Å². The van der Waals surface area contributed by atoms with Gasteiger partial charge in [0, 0.05) is 16.7 Å². The minimum Gasteiger partial charge on any atom is -0.228 e. The number of nitrogens with zero attached hydrogens (tertiary/aromatic N) is 2. The van der Waals surface area contributed by atoms with Crippen molar-refractivity contribution in [1.29, 1.82) is 0 Å². The summed E-state index contributed by atoms with van der Waals surface area (Å²) in [6, 6.07) is 69.9. The Hall–Kier alpha value is -7.16. The fraction of sp³-hybridized carbons (Fsp3) is 0. The van der Waals surface area contributed by atoms with Crippen LogP contribution in [0.25, 0.3) is 110 Å². The van der Waals surface area contributed by atoms with Crippen LogP contribution in [0.4, 0.5) is 0 Å². The van der Waals surface area contributed by atoms with E-state index in [9.17, 15) is 0 Å². The van der Waals surface area contributed by atoms with Crippen molar-refractivity contribution in [3.8, 4) is 45.0 Å². The van der Waals surface area contributed by atoms with Gasteiger partial charge < -0.3 is 0 Å². The van der Waals surface area contributed by atoms with Crippen LogP contribution < -0.4 is 0 Å². The quantitative estimate of drug-likeness (QED) is 0.136. The van der Waals surface area contributed by atoms with Crippen molar-refractivity contribution < 1.29 is 0 Å². The van der Waals surface area contributed by atoms with Crippen LogP contribution in [0.1, 0.15) is 0 Å². The van der Waals surface area contributed by atoms with Gasteiger partial charge in [-0.25, -0.2) is 9.97 Å². The molecular formula is C52H32N2. The summed E-state index contributed by atoms with van der Waals surface area (Å²) in [5.74, 6) is 0.704. The Labute approximate surface area is 312 Å². The molecule has 0 radical (unpaired) electrons. The first kappa shape index (κ1) is 30.5. The van der Waals surface area contributed by atoms with Gasteiger partial charge in [0.05, 0.1) is 11.4 Å². The summed E-state index contributed by atoms with van der Waals surface area (Å²) in [4.78, 5) is 10.6. The highest BCUT2D eigenvalue weighted by molar-refractivity contribution is 6.26. The molecule has 0 saturated heterocycles. The lowest BCUT2D eigenvalue weighted by Crippen LogP contribution is -1.97. The van der Waals surface area contributed by atoms with E-state index in [2.05, 4.69) is 188 Å². The Kier molecular flexibility index (Phi) is 6.90. The summed E-state index contributed by atoms with van der Waals surface area (Å²) in [7, 11) is 0. The van der Waals surface area contributed by atoms with Crippen molar-refractivity contribution in [2.75, 3.05) is 0 Å². The van der Waals surface area contributed by atoms with Crippen LogP contribution in [0.15, 0.2) is 194 Å². The smallest absolute Gasteiger partial charge is 0.160 e. The van der Waals surface area contributed by atoms with E-state index in [0.717, 1.165) is 33.6 Å². The van der Waals surface area contributed by atoms with Crippen LogP contribution in [0.3, 0.4) is 0 Å². The van der Waals surface area contributed by atoms with Gasteiger partial charge in [-0.3, -0.25) is 0 Å². The second-order valence-corrected chi connectivity index (χ2v) is 14.1. The van der Waals surface area contributed by atoms with Gasteiger partial charge in [0.2, 0.25) is 0 Å². The van der Waals surface area contributed by atoms with Gasteiger partial charge in [-0.2, -0.15) is 0 Å². The summed E-state index contributed by atoms with van der Waals surface area (Å²) in [6.07, 6.45) is 0.